The predicted octanol–water partition coefficient (Wildman–Crippen LogP) is 23.6. The van der Waals surface area contributed by atoms with Crippen molar-refractivity contribution in [3.8, 4) is 78.8 Å². The minimum Gasteiger partial charge on any atom is -0.309 e. The maximum atomic E-state index is 5.57. The van der Waals surface area contributed by atoms with Gasteiger partial charge in [-0.05, 0) is 200 Å². The Balaban J connectivity index is 0.629. The highest BCUT2D eigenvalue weighted by Gasteiger charge is 2.37. The lowest BCUT2D eigenvalue weighted by Gasteiger charge is -2.22. The van der Waals surface area contributed by atoms with Crippen LogP contribution in [-0.4, -0.2) is 28.2 Å². The summed E-state index contributed by atoms with van der Waals surface area (Å²) in [6.07, 6.45) is 0. The van der Waals surface area contributed by atoms with E-state index in [4.69, 9.17) is 9.97 Å². The molecule has 0 unspecified atom stereocenters. The molecule has 6 nitrogen and oxygen atoms in total. The van der Waals surface area contributed by atoms with Crippen molar-refractivity contribution in [2.75, 3.05) is 0 Å². The average Bonchev–Trinajstić information content (AvgIpc) is 1.57. The Morgan fingerprint density at radius 1 is 0.224 bits per heavy atom. The van der Waals surface area contributed by atoms with Crippen LogP contribution < -0.4 is 0 Å². The maximum Gasteiger partial charge on any atom is 0.162 e. The van der Waals surface area contributed by atoms with Crippen molar-refractivity contribution in [2.45, 2.75) is 38.5 Å². The van der Waals surface area contributed by atoms with E-state index in [1.54, 1.807) is 0 Å². The lowest BCUT2D eigenvalue weighted by atomic mass is 9.82. The van der Waals surface area contributed by atoms with E-state index < -0.39 is 0 Å². The van der Waals surface area contributed by atoms with E-state index in [0.717, 1.165) is 55.6 Å². The summed E-state index contributed by atoms with van der Waals surface area (Å²) in [5.41, 5.74) is 29.9. The van der Waals surface area contributed by atoms with Gasteiger partial charge < -0.3 is 13.7 Å². The first-order valence-electron chi connectivity index (χ1n) is 34.1. The van der Waals surface area contributed by atoms with Crippen LogP contribution in [0, 0.1) is 0 Å². The molecule has 460 valence electrons. The van der Waals surface area contributed by atoms with Gasteiger partial charge in [0.2, 0.25) is 0 Å². The third-order valence-electron chi connectivity index (χ3n) is 22.2. The lowest BCUT2D eigenvalue weighted by molar-refractivity contribution is 0.660. The highest BCUT2D eigenvalue weighted by molar-refractivity contribution is 6.15. The molecule has 0 fully saturated rings. The molecule has 5 aromatic heterocycles. The SMILES string of the molecule is CC1(C)c2ccccc2-c2ccc(-n3c4ccccc4c4cc(-c5ccc6c(c5)c5ccccc5n6-c5ccc(-c6nc(-n7c8ccccc8c8cc(-c9ccc%10c(c9)c9ccccc9n%10-c9ccc%10c(c9)C(C)(C)c9ccccc9-%10)ccc87)c7ccccc7n6)cc5)ccc43)cc21. The fourth-order valence-electron chi connectivity index (χ4n) is 17.5. The van der Waals surface area contributed by atoms with Crippen LogP contribution in [0.4, 0.5) is 0 Å². The summed E-state index contributed by atoms with van der Waals surface area (Å²) < 4.78 is 9.66. The fraction of sp³-hybridized carbons (Fsp3) is 0.0652. The first-order valence-corrected chi connectivity index (χ1v) is 34.1. The number of fused-ring (bicyclic) bond motifs is 19. The van der Waals surface area contributed by atoms with Gasteiger partial charge in [-0.1, -0.05) is 198 Å². The summed E-state index contributed by atoms with van der Waals surface area (Å²) in [6, 6.07) is 112. The molecule has 0 bridgehead atoms. The van der Waals surface area contributed by atoms with E-state index in [-0.39, 0.29) is 10.8 Å². The Hall–Kier alpha value is -12.4. The van der Waals surface area contributed by atoms with Gasteiger partial charge in [0.1, 0.15) is 5.82 Å². The molecule has 19 aromatic rings. The number of nitrogens with zero attached hydrogens (tertiary/aromatic N) is 6. The first-order chi connectivity index (χ1) is 48.1. The number of benzene rings is 14. The minimum atomic E-state index is -0.0980. The van der Waals surface area contributed by atoms with Gasteiger partial charge in [-0.25, -0.2) is 9.97 Å². The van der Waals surface area contributed by atoms with Crippen molar-refractivity contribution in [3.05, 3.63) is 326 Å². The molecule has 0 saturated heterocycles. The van der Waals surface area contributed by atoms with E-state index in [9.17, 15) is 0 Å². The summed E-state index contributed by atoms with van der Waals surface area (Å²) in [7, 11) is 0. The smallest absolute Gasteiger partial charge is 0.162 e. The molecule has 98 heavy (non-hydrogen) atoms. The first kappa shape index (κ1) is 55.0. The van der Waals surface area contributed by atoms with Crippen LogP contribution in [-0.2, 0) is 10.8 Å². The number of rotatable bonds is 7. The number of hydrogen-bond acceptors (Lipinski definition) is 2. The molecule has 0 spiro atoms. The van der Waals surface area contributed by atoms with Crippen LogP contribution in [0.1, 0.15) is 49.9 Å². The molecule has 14 aromatic carbocycles. The normalized spacial score (nSPS) is 13.7. The quantitative estimate of drug-likeness (QED) is 0.160. The van der Waals surface area contributed by atoms with E-state index >= 15 is 0 Å². The zero-order chi connectivity index (χ0) is 64.9. The summed E-state index contributed by atoms with van der Waals surface area (Å²) in [5.74, 6) is 1.52. The Morgan fingerprint density at radius 2 is 0.541 bits per heavy atom. The molecule has 0 radical (unpaired) electrons. The van der Waals surface area contributed by atoms with Crippen molar-refractivity contribution in [1.29, 1.82) is 0 Å². The highest BCUT2D eigenvalue weighted by atomic mass is 15.1. The topological polar surface area (TPSA) is 45.5 Å². The molecule has 2 aliphatic rings. The zero-order valence-corrected chi connectivity index (χ0v) is 54.6. The molecule has 0 amide bonds. The molecule has 0 N–H and O–H groups in total. The minimum absolute atomic E-state index is 0.0925. The zero-order valence-electron chi connectivity index (χ0n) is 54.6. The molecule has 0 saturated carbocycles. The van der Waals surface area contributed by atoms with Crippen molar-refractivity contribution in [2.24, 2.45) is 0 Å². The van der Waals surface area contributed by atoms with Gasteiger partial charge in [0, 0.05) is 81.9 Å². The Bertz CT molecular complexity index is 6680. The number of hydrogen-bond donors (Lipinski definition) is 0. The van der Waals surface area contributed by atoms with E-state index in [0.29, 0.717) is 5.82 Å². The highest BCUT2D eigenvalue weighted by Crippen LogP contribution is 2.52. The van der Waals surface area contributed by atoms with Gasteiger partial charge in [0.25, 0.3) is 0 Å². The summed E-state index contributed by atoms with van der Waals surface area (Å²) >= 11 is 0. The van der Waals surface area contributed by atoms with Gasteiger partial charge in [-0.3, -0.25) is 4.57 Å². The molecule has 2 aliphatic carbocycles. The van der Waals surface area contributed by atoms with Crippen LogP contribution in [0.3, 0.4) is 0 Å². The average molecular weight is 1250 g/mol. The second kappa shape index (κ2) is 20.1. The lowest BCUT2D eigenvalue weighted by Crippen LogP contribution is -2.15. The summed E-state index contributed by atoms with van der Waals surface area (Å²) in [4.78, 5) is 10.9. The van der Waals surface area contributed by atoms with Gasteiger partial charge >= 0.3 is 0 Å². The summed E-state index contributed by atoms with van der Waals surface area (Å²) in [6.45, 7) is 9.44. The Kier molecular flexibility index (Phi) is 11.3. The third kappa shape index (κ3) is 7.68. The van der Waals surface area contributed by atoms with Crippen LogP contribution in [0.2, 0.25) is 0 Å². The monoisotopic (exact) mass is 1250 g/mol. The standard InChI is InChI=1S/C92H62N6/c1-91(2)76-26-12-5-19-63(76)65-43-41-61(53-78(65)91)96-82-30-16-9-22-68(82)73-50-57(36-46-86(73)96)56-35-45-85-72(49-56)67-21-8-15-29-81(67)95(85)60-39-33-55(34-40-60)89-93-80-28-14-7-25-71(80)90(94-89)98-84-32-18-11-24-70(84)75-52-59(38-48-88(75)98)58-37-47-87-74(51-58)69-23-10-17-31-83(69)97(87)62-42-44-66-64-20-6-13-27-77(64)92(3,4)79(66)54-62/h5-54H,1-4H3. The fourth-order valence-corrected chi connectivity index (χ4v) is 17.5. The Morgan fingerprint density at radius 3 is 0.980 bits per heavy atom. The predicted molar refractivity (Wildman–Crippen MR) is 408 cm³/mol. The molecule has 0 atom stereocenters. The molecular formula is C92H62N6. The third-order valence-corrected chi connectivity index (χ3v) is 22.2. The Labute approximate surface area is 565 Å². The molecule has 21 rings (SSSR count). The molecular weight excluding hydrogens is 1190 g/mol. The van der Waals surface area contributed by atoms with Gasteiger partial charge in [0.15, 0.2) is 5.82 Å². The van der Waals surface area contributed by atoms with Crippen molar-refractivity contribution < 1.29 is 0 Å². The number of aromatic nitrogens is 6. The van der Waals surface area contributed by atoms with Crippen LogP contribution in [0.5, 0.6) is 0 Å². The number of para-hydroxylation sites is 5. The van der Waals surface area contributed by atoms with Gasteiger partial charge in [-0.15, -0.1) is 0 Å². The van der Waals surface area contributed by atoms with Crippen molar-refractivity contribution in [3.63, 3.8) is 0 Å². The van der Waals surface area contributed by atoms with Crippen LogP contribution >= 0.6 is 0 Å². The van der Waals surface area contributed by atoms with Crippen molar-refractivity contribution >= 4 is 98.1 Å². The van der Waals surface area contributed by atoms with E-state index in [2.05, 4.69) is 349 Å². The van der Waals surface area contributed by atoms with E-state index in [1.807, 2.05) is 0 Å². The second-order valence-electron chi connectivity index (χ2n) is 28.1. The van der Waals surface area contributed by atoms with Gasteiger partial charge in [0.05, 0.1) is 49.7 Å². The summed E-state index contributed by atoms with van der Waals surface area (Å²) in [5, 5.41) is 10.7. The maximum absolute atomic E-state index is 5.57. The van der Waals surface area contributed by atoms with Gasteiger partial charge in [-0.2, -0.15) is 0 Å². The van der Waals surface area contributed by atoms with Crippen LogP contribution in [0.25, 0.3) is 177 Å². The largest absolute Gasteiger partial charge is 0.309 e. The molecule has 0 aliphatic heterocycles. The van der Waals surface area contributed by atoms with Crippen molar-refractivity contribution in [1.82, 2.24) is 28.2 Å². The molecule has 6 heteroatoms. The molecule has 5 heterocycles. The second-order valence-corrected chi connectivity index (χ2v) is 28.1. The van der Waals surface area contributed by atoms with E-state index in [1.165, 1.54) is 138 Å². The van der Waals surface area contributed by atoms with Crippen LogP contribution in [0.15, 0.2) is 303 Å².